The highest BCUT2D eigenvalue weighted by Gasteiger charge is 2.12. The number of methoxy groups -OCH3 is 2. The van der Waals surface area contributed by atoms with Gasteiger partial charge in [-0.2, -0.15) is 4.98 Å². The van der Waals surface area contributed by atoms with Crippen LogP contribution in [0.25, 0.3) is 10.9 Å². The van der Waals surface area contributed by atoms with Crippen LogP contribution in [0.15, 0.2) is 12.1 Å². The third kappa shape index (κ3) is 3.05. The van der Waals surface area contributed by atoms with Gasteiger partial charge < -0.3 is 20.5 Å². The molecule has 0 atom stereocenters. The number of anilines is 2. The number of benzene rings is 1. The van der Waals surface area contributed by atoms with Crippen molar-refractivity contribution in [3.63, 3.8) is 0 Å². The lowest BCUT2D eigenvalue weighted by Crippen LogP contribution is -2.07. The van der Waals surface area contributed by atoms with Crippen LogP contribution in [0.4, 0.5) is 11.8 Å². The van der Waals surface area contributed by atoms with Gasteiger partial charge in [0.05, 0.1) is 37.0 Å². The summed E-state index contributed by atoms with van der Waals surface area (Å²) in [4.78, 5) is 14.5. The molecule has 0 saturated heterocycles. The molecule has 3 aromatic rings. The van der Waals surface area contributed by atoms with Crippen LogP contribution in [0.3, 0.4) is 0 Å². The van der Waals surface area contributed by atoms with Gasteiger partial charge in [0, 0.05) is 16.3 Å². The van der Waals surface area contributed by atoms with Crippen molar-refractivity contribution in [1.82, 2.24) is 15.0 Å². The number of hydrogen-bond acceptors (Lipinski definition) is 8. The first-order valence-corrected chi connectivity index (χ1v) is 8.19. The number of fused-ring (bicyclic) bond motifs is 1. The zero-order chi connectivity index (χ0) is 17.3. The maximum Gasteiger partial charge on any atom is 0.225 e. The van der Waals surface area contributed by atoms with Gasteiger partial charge in [0.2, 0.25) is 5.95 Å². The molecule has 0 saturated carbocycles. The highest BCUT2D eigenvalue weighted by molar-refractivity contribution is 7.11. The molecule has 2 heterocycles. The van der Waals surface area contributed by atoms with Crippen LogP contribution in [0.5, 0.6) is 11.5 Å². The highest BCUT2D eigenvalue weighted by Crippen LogP contribution is 2.33. The average Bonchev–Trinajstić information content (AvgIpc) is 2.89. The number of nitrogens with zero attached hydrogens (tertiary/aromatic N) is 3. The van der Waals surface area contributed by atoms with Crippen molar-refractivity contribution in [3.05, 3.63) is 27.7 Å². The molecule has 2 aromatic heterocycles. The molecule has 0 aliphatic rings. The quantitative estimate of drug-likeness (QED) is 0.734. The van der Waals surface area contributed by atoms with Gasteiger partial charge in [0.15, 0.2) is 11.5 Å². The maximum absolute atomic E-state index is 6.07. The molecule has 0 radical (unpaired) electrons. The smallest absolute Gasteiger partial charge is 0.225 e. The lowest BCUT2D eigenvalue weighted by Gasteiger charge is -2.11. The van der Waals surface area contributed by atoms with Crippen molar-refractivity contribution in [2.75, 3.05) is 25.3 Å². The van der Waals surface area contributed by atoms with E-state index >= 15 is 0 Å². The van der Waals surface area contributed by atoms with Crippen molar-refractivity contribution in [1.29, 1.82) is 0 Å². The Hall–Kier alpha value is -2.61. The summed E-state index contributed by atoms with van der Waals surface area (Å²) in [7, 11) is 3.16. The molecule has 0 aliphatic heterocycles. The fraction of sp³-hybridized carbons (Fsp3) is 0.312. The minimum atomic E-state index is 0.384. The Kier molecular flexibility index (Phi) is 4.39. The summed E-state index contributed by atoms with van der Waals surface area (Å²) < 4.78 is 10.6. The first kappa shape index (κ1) is 16.3. The predicted octanol–water partition coefficient (Wildman–Crippen LogP) is 2.91. The second-order valence-corrected chi connectivity index (χ2v) is 6.65. The normalized spacial score (nSPS) is 10.8. The van der Waals surface area contributed by atoms with Crippen molar-refractivity contribution in [2.45, 2.75) is 20.4 Å². The lowest BCUT2D eigenvalue weighted by atomic mass is 10.2. The number of nitrogen functional groups attached to an aromatic ring is 1. The van der Waals surface area contributed by atoms with Crippen LogP contribution in [0.2, 0.25) is 0 Å². The highest BCUT2D eigenvalue weighted by atomic mass is 32.1. The first-order chi connectivity index (χ1) is 11.5. The molecule has 24 heavy (non-hydrogen) atoms. The molecule has 7 nitrogen and oxygen atoms in total. The van der Waals surface area contributed by atoms with Crippen LogP contribution < -0.4 is 20.5 Å². The zero-order valence-corrected chi connectivity index (χ0v) is 14.8. The fourth-order valence-corrected chi connectivity index (χ4v) is 3.29. The average molecular weight is 345 g/mol. The van der Waals surface area contributed by atoms with Gasteiger partial charge in [0.1, 0.15) is 5.82 Å². The Labute approximate surface area is 143 Å². The number of hydrogen-bond donors (Lipinski definition) is 2. The van der Waals surface area contributed by atoms with Crippen LogP contribution in [-0.2, 0) is 6.54 Å². The molecule has 8 heteroatoms. The van der Waals surface area contributed by atoms with Gasteiger partial charge in [-0.3, -0.25) is 0 Å². The summed E-state index contributed by atoms with van der Waals surface area (Å²) in [6.45, 7) is 4.59. The number of thiazole rings is 1. The molecule has 3 N–H and O–H groups in total. The molecular weight excluding hydrogens is 326 g/mol. The molecule has 0 spiro atoms. The van der Waals surface area contributed by atoms with Crippen LogP contribution in [0, 0.1) is 13.8 Å². The van der Waals surface area contributed by atoms with E-state index in [1.807, 2.05) is 6.92 Å². The molecule has 126 valence electrons. The van der Waals surface area contributed by atoms with Gasteiger partial charge in [-0.15, -0.1) is 11.3 Å². The fourth-order valence-electron chi connectivity index (χ4n) is 2.46. The lowest BCUT2D eigenvalue weighted by molar-refractivity contribution is 0.356. The van der Waals surface area contributed by atoms with Gasteiger partial charge in [0.25, 0.3) is 0 Å². The third-order valence-electron chi connectivity index (χ3n) is 3.64. The second kappa shape index (κ2) is 6.48. The van der Waals surface area contributed by atoms with Gasteiger partial charge in [-0.05, 0) is 19.9 Å². The predicted molar refractivity (Wildman–Crippen MR) is 96.0 cm³/mol. The molecule has 0 unspecified atom stereocenters. The summed E-state index contributed by atoms with van der Waals surface area (Å²) >= 11 is 1.67. The number of aromatic nitrogens is 3. The van der Waals surface area contributed by atoms with E-state index in [1.165, 1.54) is 4.88 Å². The first-order valence-electron chi connectivity index (χ1n) is 7.38. The van der Waals surface area contributed by atoms with E-state index in [1.54, 1.807) is 37.7 Å². The second-order valence-electron chi connectivity index (χ2n) is 5.25. The Bertz CT molecular complexity index is 894. The maximum atomic E-state index is 6.07. The topological polar surface area (TPSA) is 95.2 Å². The molecule has 0 bridgehead atoms. The molecule has 0 aliphatic carbocycles. The number of ether oxygens (including phenoxy) is 2. The van der Waals surface area contributed by atoms with Crippen molar-refractivity contribution < 1.29 is 9.47 Å². The van der Waals surface area contributed by atoms with Gasteiger partial charge in [-0.1, -0.05) is 0 Å². The molecule has 1 aromatic carbocycles. The van der Waals surface area contributed by atoms with Gasteiger partial charge in [-0.25, -0.2) is 9.97 Å². The molecular formula is C16H19N5O2S. The largest absolute Gasteiger partial charge is 0.493 e. The Balaban J connectivity index is 1.93. The Morgan fingerprint density at radius 1 is 1.08 bits per heavy atom. The van der Waals surface area contributed by atoms with E-state index in [2.05, 4.69) is 27.2 Å². The van der Waals surface area contributed by atoms with E-state index in [9.17, 15) is 0 Å². The molecule has 3 rings (SSSR count). The number of nitrogens with one attached hydrogen (secondary N) is 1. The van der Waals surface area contributed by atoms with Gasteiger partial charge >= 0.3 is 0 Å². The molecule has 0 fully saturated rings. The Morgan fingerprint density at radius 3 is 2.42 bits per heavy atom. The van der Waals surface area contributed by atoms with Crippen molar-refractivity contribution in [2.24, 2.45) is 0 Å². The van der Waals surface area contributed by atoms with Crippen LogP contribution >= 0.6 is 11.3 Å². The van der Waals surface area contributed by atoms with Crippen molar-refractivity contribution >= 4 is 34.0 Å². The number of rotatable bonds is 5. The monoisotopic (exact) mass is 345 g/mol. The van der Waals surface area contributed by atoms with E-state index in [-0.39, 0.29) is 0 Å². The summed E-state index contributed by atoms with van der Waals surface area (Å²) in [5.41, 5.74) is 7.76. The number of aryl methyl sites for hydroxylation is 2. The summed E-state index contributed by atoms with van der Waals surface area (Å²) in [6, 6.07) is 3.57. The van der Waals surface area contributed by atoms with Crippen LogP contribution in [-0.4, -0.2) is 29.2 Å². The minimum Gasteiger partial charge on any atom is -0.493 e. The SMILES string of the molecule is COc1cc2nc(NCc3nc(C)sc3C)nc(N)c2cc1OC. The minimum absolute atomic E-state index is 0.384. The standard InChI is InChI=1S/C16H19N5O2S/c1-8-12(19-9(2)24-8)7-18-16-20-11-6-14(23-4)13(22-3)5-10(11)15(17)21-16/h5-6H,7H2,1-4H3,(H3,17,18,20,21). The van der Waals surface area contributed by atoms with E-state index in [4.69, 9.17) is 15.2 Å². The van der Waals surface area contributed by atoms with E-state index < -0.39 is 0 Å². The Morgan fingerprint density at radius 2 is 1.79 bits per heavy atom. The zero-order valence-electron chi connectivity index (χ0n) is 14.0. The summed E-state index contributed by atoms with van der Waals surface area (Å²) in [6.07, 6.45) is 0. The summed E-state index contributed by atoms with van der Waals surface area (Å²) in [5.74, 6) is 2.03. The van der Waals surface area contributed by atoms with E-state index in [0.717, 1.165) is 16.1 Å². The van der Waals surface area contributed by atoms with Crippen molar-refractivity contribution in [3.8, 4) is 11.5 Å². The number of nitrogens with two attached hydrogens (primary N) is 1. The summed E-state index contributed by atoms with van der Waals surface area (Å²) in [5, 5.41) is 4.95. The van der Waals surface area contributed by atoms with Crippen LogP contribution in [0.1, 0.15) is 15.6 Å². The molecule has 0 amide bonds. The van der Waals surface area contributed by atoms with E-state index in [0.29, 0.717) is 35.3 Å². The third-order valence-corrected chi connectivity index (χ3v) is 4.57.